The number of rotatable bonds is 3. The van der Waals surface area contributed by atoms with Crippen LogP contribution in [-0.4, -0.2) is 24.9 Å². The highest BCUT2D eigenvalue weighted by molar-refractivity contribution is 9.10. The van der Waals surface area contributed by atoms with Crippen LogP contribution in [-0.2, 0) is 10.3 Å². The molecule has 0 radical (unpaired) electrons. The van der Waals surface area contributed by atoms with Crippen LogP contribution in [0, 0.1) is 5.41 Å². The van der Waals surface area contributed by atoms with Crippen molar-refractivity contribution >= 4 is 15.9 Å². The van der Waals surface area contributed by atoms with Crippen molar-refractivity contribution in [3.8, 4) is 0 Å². The molecule has 0 saturated carbocycles. The maximum Gasteiger partial charge on any atom is 0.0938 e. The second kappa shape index (κ2) is 5.29. The number of ether oxygens (including phenoxy) is 1. The van der Waals surface area contributed by atoms with Crippen molar-refractivity contribution in [3.05, 3.63) is 34.3 Å². The van der Waals surface area contributed by atoms with E-state index in [9.17, 15) is 5.11 Å². The summed E-state index contributed by atoms with van der Waals surface area (Å²) in [7, 11) is 0. The third kappa shape index (κ3) is 2.35. The van der Waals surface area contributed by atoms with Crippen LogP contribution >= 0.6 is 15.9 Å². The van der Waals surface area contributed by atoms with Crippen LogP contribution in [0.2, 0.25) is 0 Å². The summed E-state index contributed by atoms with van der Waals surface area (Å²) in [5, 5.41) is 11.0. The molecule has 1 aliphatic rings. The second-order valence-corrected chi connectivity index (χ2v) is 6.10. The minimum atomic E-state index is -0.935. The molecule has 0 aromatic heterocycles. The first-order chi connectivity index (χ1) is 8.52. The van der Waals surface area contributed by atoms with Crippen molar-refractivity contribution in [3.63, 3.8) is 0 Å². The molecule has 1 heterocycles. The number of aliphatic hydroxyl groups is 1. The number of nitrogens with two attached hydrogens (primary N) is 1. The average Bonchev–Trinajstić information content (AvgIpc) is 2.39. The molecule has 0 amide bonds. The average molecular weight is 314 g/mol. The predicted octanol–water partition coefficient (Wildman–Crippen LogP) is 2.41. The van der Waals surface area contributed by atoms with E-state index in [0.29, 0.717) is 19.8 Å². The van der Waals surface area contributed by atoms with Crippen molar-refractivity contribution in [1.29, 1.82) is 0 Å². The quantitative estimate of drug-likeness (QED) is 0.901. The lowest BCUT2D eigenvalue weighted by Gasteiger charge is -2.47. The van der Waals surface area contributed by atoms with Crippen molar-refractivity contribution in [2.75, 3.05) is 19.8 Å². The Hall–Kier alpha value is -0.420. The first-order valence-corrected chi connectivity index (χ1v) is 7.07. The number of hydrogen-bond donors (Lipinski definition) is 2. The third-order valence-electron chi connectivity index (χ3n) is 4.26. The van der Waals surface area contributed by atoms with Gasteiger partial charge in [-0.05, 0) is 37.5 Å². The zero-order valence-corrected chi connectivity index (χ0v) is 12.2. The molecule has 100 valence electrons. The van der Waals surface area contributed by atoms with E-state index in [0.717, 1.165) is 22.9 Å². The van der Waals surface area contributed by atoms with Crippen molar-refractivity contribution in [1.82, 2.24) is 0 Å². The van der Waals surface area contributed by atoms with E-state index in [1.807, 2.05) is 31.2 Å². The smallest absolute Gasteiger partial charge is 0.0938 e. The summed E-state index contributed by atoms with van der Waals surface area (Å²) in [5.41, 5.74) is 5.64. The molecule has 0 bridgehead atoms. The fourth-order valence-electron chi connectivity index (χ4n) is 2.75. The molecule has 4 heteroatoms. The van der Waals surface area contributed by atoms with Gasteiger partial charge in [-0.2, -0.15) is 0 Å². The highest BCUT2D eigenvalue weighted by Crippen LogP contribution is 2.46. The zero-order valence-electron chi connectivity index (χ0n) is 10.7. The Labute approximate surface area is 116 Å². The minimum Gasteiger partial charge on any atom is -0.385 e. The second-order valence-electron chi connectivity index (χ2n) is 5.18. The Morgan fingerprint density at radius 1 is 1.44 bits per heavy atom. The molecular weight excluding hydrogens is 294 g/mol. The van der Waals surface area contributed by atoms with Gasteiger partial charge in [0.05, 0.1) is 5.60 Å². The van der Waals surface area contributed by atoms with Crippen LogP contribution in [0.1, 0.15) is 25.3 Å². The number of halogens is 1. The molecule has 1 unspecified atom stereocenters. The highest BCUT2D eigenvalue weighted by Gasteiger charge is 2.48. The Morgan fingerprint density at radius 2 is 2.11 bits per heavy atom. The van der Waals surface area contributed by atoms with Crippen LogP contribution in [0.15, 0.2) is 28.7 Å². The lowest BCUT2D eigenvalue weighted by Crippen LogP contribution is -2.51. The van der Waals surface area contributed by atoms with Crippen LogP contribution in [0.5, 0.6) is 0 Å². The molecule has 3 N–H and O–H groups in total. The first-order valence-electron chi connectivity index (χ1n) is 6.28. The molecule has 1 aliphatic heterocycles. The summed E-state index contributed by atoms with van der Waals surface area (Å²) in [5.74, 6) is 0. The molecule has 3 nitrogen and oxygen atoms in total. The van der Waals surface area contributed by atoms with Gasteiger partial charge in [-0.25, -0.2) is 0 Å². The van der Waals surface area contributed by atoms with E-state index in [-0.39, 0.29) is 5.41 Å². The van der Waals surface area contributed by atoms with E-state index < -0.39 is 5.60 Å². The van der Waals surface area contributed by atoms with Gasteiger partial charge >= 0.3 is 0 Å². The van der Waals surface area contributed by atoms with Gasteiger partial charge in [0.15, 0.2) is 0 Å². The molecular formula is C14H20BrNO2. The van der Waals surface area contributed by atoms with Crippen LogP contribution in [0.25, 0.3) is 0 Å². The maximum atomic E-state index is 11.0. The Balaban J connectivity index is 2.38. The Bertz CT molecular complexity index is 414. The molecule has 1 atom stereocenters. The fourth-order valence-corrected chi connectivity index (χ4v) is 3.15. The Morgan fingerprint density at radius 3 is 2.67 bits per heavy atom. The molecule has 2 rings (SSSR count). The van der Waals surface area contributed by atoms with E-state index >= 15 is 0 Å². The topological polar surface area (TPSA) is 55.5 Å². The lowest BCUT2D eigenvalue weighted by molar-refractivity contribution is -0.123. The van der Waals surface area contributed by atoms with Crippen molar-refractivity contribution < 1.29 is 9.84 Å². The van der Waals surface area contributed by atoms with Gasteiger partial charge in [-0.3, -0.25) is 0 Å². The van der Waals surface area contributed by atoms with Gasteiger partial charge in [0, 0.05) is 29.6 Å². The van der Waals surface area contributed by atoms with Gasteiger partial charge in [0.1, 0.15) is 0 Å². The molecule has 1 aromatic carbocycles. The maximum absolute atomic E-state index is 11.0. The first kappa shape index (κ1) is 14.0. The van der Waals surface area contributed by atoms with Gasteiger partial charge in [-0.15, -0.1) is 0 Å². The van der Waals surface area contributed by atoms with Crippen molar-refractivity contribution in [2.45, 2.75) is 25.4 Å². The van der Waals surface area contributed by atoms with E-state index in [1.54, 1.807) is 0 Å². The molecule has 1 fully saturated rings. The molecule has 1 aromatic rings. The van der Waals surface area contributed by atoms with E-state index in [4.69, 9.17) is 10.5 Å². The molecule has 0 aliphatic carbocycles. The van der Waals surface area contributed by atoms with Gasteiger partial charge < -0.3 is 15.6 Å². The van der Waals surface area contributed by atoms with E-state index in [2.05, 4.69) is 15.9 Å². The number of benzene rings is 1. The lowest BCUT2D eigenvalue weighted by atomic mass is 9.65. The summed E-state index contributed by atoms with van der Waals surface area (Å²) < 4.78 is 6.38. The molecule has 18 heavy (non-hydrogen) atoms. The minimum absolute atomic E-state index is 0.300. The van der Waals surface area contributed by atoms with Gasteiger partial charge in [-0.1, -0.05) is 28.1 Å². The van der Waals surface area contributed by atoms with Crippen molar-refractivity contribution in [2.24, 2.45) is 11.1 Å². The summed E-state index contributed by atoms with van der Waals surface area (Å²) in [6.07, 6.45) is 1.59. The van der Waals surface area contributed by atoms with Crippen LogP contribution in [0.3, 0.4) is 0 Å². The summed E-state index contributed by atoms with van der Waals surface area (Å²) in [6.45, 7) is 3.67. The normalized spacial score (nSPS) is 22.4. The summed E-state index contributed by atoms with van der Waals surface area (Å²) >= 11 is 3.45. The SMILES string of the molecule is CC(O)(c1cccc(Br)c1)C1(CN)CCOCC1. The molecule has 1 saturated heterocycles. The summed E-state index contributed by atoms with van der Waals surface area (Å²) in [6, 6.07) is 7.82. The largest absolute Gasteiger partial charge is 0.385 e. The standard InChI is InChI=1S/C14H20BrNO2/c1-13(17,11-3-2-4-12(15)9-11)14(10-16)5-7-18-8-6-14/h2-4,9,17H,5-8,10,16H2,1H3. The van der Waals surface area contributed by atoms with Crippen LogP contribution < -0.4 is 5.73 Å². The van der Waals surface area contributed by atoms with Gasteiger partial charge in [0.2, 0.25) is 0 Å². The molecule has 0 spiro atoms. The van der Waals surface area contributed by atoms with Crippen LogP contribution in [0.4, 0.5) is 0 Å². The van der Waals surface area contributed by atoms with E-state index in [1.165, 1.54) is 0 Å². The zero-order chi connectivity index (χ0) is 13.2. The third-order valence-corrected chi connectivity index (χ3v) is 4.75. The van der Waals surface area contributed by atoms with Gasteiger partial charge in [0.25, 0.3) is 0 Å². The predicted molar refractivity (Wildman–Crippen MR) is 75.3 cm³/mol. The number of hydrogen-bond acceptors (Lipinski definition) is 3. The Kier molecular flexibility index (Phi) is 4.11. The highest BCUT2D eigenvalue weighted by atomic mass is 79.9. The monoisotopic (exact) mass is 313 g/mol. The summed E-state index contributed by atoms with van der Waals surface area (Å²) in [4.78, 5) is 0. The fraction of sp³-hybridized carbons (Fsp3) is 0.571.